The summed E-state index contributed by atoms with van der Waals surface area (Å²) in [6.45, 7) is -0.346. The van der Waals surface area contributed by atoms with Crippen molar-refractivity contribution in [3.05, 3.63) is 53.6 Å². The molecule has 25 heavy (non-hydrogen) atoms. The van der Waals surface area contributed by atoms with Gasteiger partial charge in [-0.25, -0.2) is 0 Å². The monoisotopic (exact) mass is 361 g/mol. The maximum atomic E-state index is 11.8. The minimum atomic E-state index is -0.919. The number of hydrogen-bond donors (Lipinski definition) is 3. The number of ether oxygens (including phenoxy) is 1. The molecule has 7 nitrogen and oxygen atoms in total. The fourth-order valence-electron chi connectivity index (χ4n) is 1.87. The van der Waals surface area contributed by atoms with Crippen LogP contribution in [0, 0.1) is 0 Å². The molecule has 0 radical (unpaired) electrons. The number of carbonyl (C=O) groups excluding carboxylic acids is 3. The maximum absolute atomic E-state index is 11.8. The summed E-state index contributed by atoms with van der Waals surface area (Å²) >= 11 is 5.81. The molecule has 0 atom stereocenters. The molecule has 0 saturated carbocycles. The summed E-state index contributed by atoms with van der Waals surface area (Å²) in [5, 5.41) is 7.69. The van der Waals surface area contributed by atoms with Crippen LogP contribution in [0.15, 0.2) is 48.5 Å². The summed E-state index contributed by atoms with van der Waals surface area (Å²) in [5.74, 6) is -1.65. The normalized spacial score (nSPS) is 9.84. The lowest BCUT2D eigenvalue weighted by atomic mass is 10.3. The lowest BCUT2D eigenvalue weighted by Crippen LogP contribution is -2.39. The molecule has 2 aromatic carbocycles. The van der Waals surface area contributed by atoms with E-state index in [0.29, 0.717) is 22.1 Å². The van der Waals surface area contributed by atoms with E-state index in [1.807, 2.05) is 0 Å². The molecule has 0 aliphatic rings. The van der Waals surface area contributed by atoms with Gasteiger partial charge in [0.1, 0.15) is 5.75 Å². The topological polar surface area (TPSA) is 96.5 Å². The van der Waals surface area contributed by atoms with E-state index >= 15 is 0 Å². The van der Waals surface area contributed by atoms with Crippen LogP contribution in [0.5, 0.6) is 5.75 Å². The molecule has 2 rings (SSSR count). The molecule has 0 aliphatic heterocycles. The minimum absolute atomic E-state index is 0.346. The predicted molar refractivity (Wildman–Crippen MR) is 94.7 cm³/mol. The molecule has 0 aliphatic carbocycles. The third-order valence-electron chi connectivity index (χ3n) is 3.07. The summed E-state index contributed by atoms with van der Waals surface area (Å²) in [6, 6.07) is 13.0. The molecule has 3 amide bonds. The Morgan fingerprint density at radius 2 is 1.68 bits per heavy atom. The van der Waals surface area contributed by atoms with Gasteiger partial charge in [0.25, 0.3) is 0 Å². The average molecular weight is 362 g/mol. The number of rotatable bonds is 5. The molecule has 0 spiro atoms. The molecule has 0 saturated heterocycles. The summed E-state index contributed by atoms with van der Waals surface area (Å²) in [6.07, 6.45) is 0. The summed E-state index contributed by atoms with van der Waals surface area (Å²) in [7, 11) is 1.52. The first kappa shape index (κ1) is 18.3. The Morgan fingerprint density at radius 1 is 0.960 bits per heavy atom. The number of anilines is 2. The highest BCUT2D eigenvalue weighted by molar-refractivity contribution is 6.40. The molecule has 2 aromatic rings. The van der Waals surface area contributed by atoms with Crippen molar-refractivity contribution in [2.75, 3.05) is 24.3 Å². The van der Waals surface area contributed by atoms with E-state index in [-0.39, 0.29) is 6.54 Å². The predicted octanol–water partition coefficient (Wildman–Crippen LogP) is 2.04. The zero-order valence-corrected chi connectivity index (χ0v) is 14.1. The van der Waals surface area contributed by atoms with Crippen LogP contribution in [0.3, 0.4) is 0 Å². The van der Waals surface area contributed by atoms with Crippen LogP contribution >= 0.6 is 11.6 Å². The number of methoxy groups -OCH3 is 1. The number of hydrogen-bond acceptors (Lipinski definition) is 4. The molecule has 130 valence electrons. The second-order valence-corrected chi connectivity index (χ2v) is 5.36. The lowest BCUT2D eigenvalue weighted by molar-refractivity contribution is -0.136. The molecule has 3 N–H and O–H groups in total. The van der Waals surface area contributed by atoms with Crippen molar-refractivity contribution in [2.45, 2.75) is 0 Å². The Hall–Kier alpha value is -3.06. The van der Waals surface area contributed by atoms with Gasteiger partial charge in [0.15, 0.2) is 0 Å². The molecule has 0 heterocycles. The van der Waals surface area contributed by atoms with E-state index in [4.69, 9.17) is 16.3 Å². The quantitative estimate of drug-likeness (QED) is 0.710. The van der Waals surface area contributed by atoms with Crippen LogP contribution < -0.4 is 20.7 Å². The number of nitrogens with one attached hydrogen (secondary N) is 3. The van der Waals surface area contributed by atoms with Gasteiger partial charge in [-0.2, -0.15) is 0 Å². The smallest absolute Gasteiger partial charge is 0.313 e. The third-order valence-corrected chi connectivity index (χ3v) is 3.31. The number of amides is 3. The van der Waals surface area contributed by atoms with Gasteiger partial charge in [0, 0.05) is 16.4 Å². The van der Waals surface area contributed by atoms with Crippen molar-refractivity contribution in [1.82, 2.24) is 5.32 Å². The Kier molecular flexibility index (Phi) is 6.36. The molecule has 0 unspecified atom stereocenters. The molecule has 8 heteroatoms. The summed E-state index contributed by atoms with van der Waals surface area (Å²) < 4.78 is 5.00. The van der Waals surface area contributed by atoms with E-state index in [2.05, 4.69) is 16.0 Å². The third kappa shape index (κ3) is 5.82. The Bertz CT molecular complexity index is 778. The Balaban J connectivity index is 1.80. The van der Waals surface area contributed by atoms with Crippen molar-refractivity contribution in [2.24, 2.45) is 0 Å². The highest BCUT2D eigenvalue weighted by atomic mass is 35.5. The van der Waals surface area contributed by atoms with E-state index in [0.717, 1.165) is 0 Å². The highest BCUT2D eigenvalue weighted by Crippen LogP contribution is 2.15. The molecule has 0 fully saturated rings. The molecular formula is C17H16ClN3O4. The van der Waals surface area contributed by atoms with E-state index in [1.165, 1.54) is 7.11 Å². The second-order valence-electron chi connectivity index (χ2n) is 4.92. The minimum Gasteiger partial charge on any atom is -0.497 e. The van der Waals surface area contributed by atoms with Crippen molar-refractivity contribution < 1.29 is 19.1 Å². The Labute approximate surface area is 149 Å². The van der Waals surface area contributed by atoms with Gasteiger partial charge >= 0.3 is 11.8 Å². The SMILES string of the molecule is COc1ccc(NC(=O)C(=O)NCC(=O)Nc2cccc(Cl)c2)cc1. The first-order chi connectivity index (χ1) is 12.0. The van der Waals surface area contributed by atoms with Crippen LogP contribution in [0.4, 0.5) is 11.4 Å². The summed E-state index contributed by atoms with van der Waals surface area (Å²) in [5.41, 5.74) is 0.929. The average Bonchev–Trinajstić information content (AvgIpc) is 2.60. The van der Waals surface area contributed by atoms with Crippen molar-refractivity contribution in [3.63, 3.8) is 0 Å². The summed E-state index contributed by atoms with van der Waals surface area (Å²) in [4.78, 5) is 35.3. The number of benzene rings is 2. The van der Waals surface area contributed by atoms with E-state index < -0.39 is 17.7 Å². The second kappa shape index (κ2) is 8.70. The number of carbonyl (C=O) groups is 3. The number of halogens is 1. The molecule has 0 aromatic heterocycles. The van der Waals surface area contributed by atoms with Crippen molar-refractivity contribution >= 4 is 40.7 Å². The highest BCUT2D eigenvalue weighted by Gasteiger charge is 2.15. The lowest BCUT2D eigenvalue weighted by Gasteiger charge is -2.08. The van der Waals surface area contributed by atoms with Crippen molar-refractivity contribution in [3.8, 4) is 5.75 Å². The zero-order chi connectivity index (χ0) is 18.2. The van der Waals surface area contributed by atoms with E-state index in [1.54, 1.807) is 48.5 Å². The van der Waals surface area contributed by atoms with Gasteiger partial charge < -0.3 is 20.7 Å². The molecular weight excluding hydrogens is 346 g/mol. The largest absolute Gasteiger partial charge is 0.497 e. The molecule has 0 bridgehead atoms. The van der Waals surface area contributed by atoms with Crippen LogP contribution in [-0.4, -0.2) is 31.4 Å². The maximum Gasteiger partial charge on any atom is 0.313 e. The van der Waals surface area contributed by atoms with Crippen LogP contribution in [0.2, 0.25) is 5.02 Å². The Morgan fingerprint density at radius 3 is 2.32 bits per heavy atom. The van der Waals surface area contributed by atoms with Crippen LogP contribution in [-0.2, 0) is 14.4 Å². The van der Waals surface area contributed by atoms with Gasteiger partial charge in [0.2, 0.25) is 5.91 Å². The fraction of sp³-hybridized carbons (Fsp3) is 0.118. The van der Waals surface area contributed by atoms with Crippen LogP contribution in [0.25, 0.3) is 0 Å². The van der Waals surface area contributed by atoms with Gasteiger partial charge in [-0.15, -0.1) is 0 Å². The van der Waals surface area contributed by atoms with Gasteiger partial charge in [0.05, 0.1) is 13.7 Å². The van der Waals surface area contributed by atoms with Gasteiger partial charge in [-0.3, -0.25) is 14.4 Å². The van der Waals surface area contributed by atoms with Gasteiger partial charge in [-0.05, 0) is 42.5 Å². The van der Waals surface area contributed by atoms with Crippen LogP contribution in [0.1, 0.15) is 0 Å². The standard InChI is InChI=1S/C17H16ClN3O4/c1-25-14-7-5-12(6-8-14)21-17(24)16(23)19-10-15(22)20-13-4-2-3-11(18)9-13/h2-9H,10H2,1H3,(H,19,23)(H,20,22)(H,21,24). The first-order valence-electron chi connectivity index (χ1n) is 7.26. The van der Waals surface area contributed by atoms with Gasteiger partial charge in [-0.1, -0.05) is 17.7 Å². The fourth-order valence-corrected chi connectivity index (χ4v) is 2.06. The van der Waals surface area contributed by atoms with E-state index in [9.17, 15) is 14.4 Å². The zero-order valence-electron chi connectivity index (χ0n) is 13.3. The van der Waals surface area contributed by atoms with Crippen molar-refractivity contribution in [1.29, 1.82) is 0 Å². The first-order valence-corrected chi connectivity index (χ1v) is 7.64.